The van der Waals surface area contributed by atoms with Gasteiger partial charge >= 0.3 is 0 Å². The summed E-state index contributed by atoms with van der Waals surface area (Å²) >= 11 is 0. The summed E-state index contributed by atoms with van der Waals surface area (Å²) < 4.78 is 0. The average Bonchev–Trinajstić information content (AvgIpc) is 3.05. The minimum Gasteiger partial charge on any atom is -0.357 e. The largest absolute Gasteiger partial charge is 0.357 e. The van der Waals surface area contributed by atoms with Crippen LogP contribution in [0.5, 0.6) is 0 Å². The first kappa shape index (κ1) is 18.7. The third kappa shape index (κ3) is 6.22. The van der Waals surface area contributed by atoms with Crippen LogP contribution in [0.4, 0.5) is 0 Å². The second-order valence-corrected chi connectivity index (χ2v) is 5.73. The molecule has 1 fully saturated rings. The molecule has 1 unspecified atom stereocenters. The Bertz CT molecular complexity index is 348. The Morgan fingerprint density at radius 1 is 1.18 bits per heavy atom. The molecule has 1 heterocycles. The standard InChI is InChI=1S/C16H33N5O/c1-5-17-16(18-12-14(4)20(6-2)7-3)19-13-15(22)21-10-8-9-11-21/h14H,5-13H2,1-4H3,(H2,17,18,19). The molecule has 22 heavy (non-hydrogen) atoms. The van der Waals surface area contributed by atoms with Crippen LogP contribution in [0, 0.1) is 0 Å². The van der Waals surface area contributed by atoms with E-state index in [1.54, 1.807) is 0 Å². The van der Waals surface area contributed by atoms with E-state index in [2.05, 4.69) is 41.3 Å². The zero-order chi connectivity index (χ0) is 16.4. The normalized spacial score (nSPS) is 17.0. The number of nitrogens with zero attached hydrogens (tertiary/aromatic N) is 3. The molecule has 1 amide bonds. The van der Waals surface area contributed by atoms with E-state index in [0.717, 1.165) is 58.1 Å². The summed E-state index contributed by atoms with van der Waals surface area (Å²) in [5, 5.41) is 6.55. The van der Waals surface area contributed by atoms with Gasteiger partial charge in [0.2, 0.25) is 5.91 Å². The highest BCUT2D eigenvalue weighted by Gasteiger charge is 2.17. The Kier molecular flexibility index (Phi) is 8.89. The minimum absolute atomic E-state index is 0.131. The van der Waals surface area contributed by atoms with Crippen LogP contribution >= 0.6 is 0 Å². The zero-order valence-electron chi connectivity index (χ0n) is 14.7. The first-order valence-electron chi connectivity index (χ1n) is 8.66. The fourth-order valence-corrected chi connectivity index (χ4v) is 2.78. The molecule has 0 aromatic carbocycles. The second kappa shape index (κ2) is 10.4. The summed E-state index contributed by atoms with van der Waals surface area (Å²) in [6, 6.07) is 0.438. The van der Waals surface area contributed by atoms with Gasteiger partial charge in [-0.3, -0.25) is 9.69 Å². The predicted octanol–water partition coefficient (Wildman–Crippen LogP) is 0.894. The summed E-state index contributed by atoms with van der Waals surface area (Å²) in [4.78, 5) is 20.8. The summed E-state index contributed by atoms with van der Waals surface area (Å²) in [6.07, 6.45) is 2.24. The molecule has 0 aliphatic carbocycles. The lowest BCUT2D eigenvalue weighted by Gasteiger charge is -2.27. The van der Waals surface area contributed by atoms with Crippen molar-refractivity contribution in [3.8, 4) is 0 Å². The van der Waals surface area contributed by atoms with Crippen molar-refractivity contribution < 1.29 is 4.79 Å². The molecule has 0 bridgehead atoms. The highest BCUT2D eigenvalue weighted by Crippen LogP contribution is 2.07. The molecule has 1 saturated heterocycles. The molecule has 6 heteroatoms. The number of carbonyl (C=O) groups excluding carboxylic acids is 1. The summed E-state index contributed by atoms with van der Waals surface area (Å²) in [7, 11) is 0. The fraction of sp³-hybridized carbons (Fsp3) is 0.875. The lowest BCUT2D eigenvalue weighted by molar-refractivity contribution is -0.128. The number of rotatable bonds is 8. The number of carbonyl (C=O) groups is 1. The van der Waals surface area contributed by atoms with Crippen LogP contribution in [0.25, 0.3) is 0 Å². The van der Waals surface area contributed by atoms with Crippen LogP contribution < -0.4 is 10.6 Å². The quantitative estimate of drug-likeness (QED) is 0.516. The topological polar surface area (TPSA) is 60.0 Å². The second-order valence-electron chi connectivity index (χ2n) is 5.73. The maximum atomic E-state index is 12.0. The van der Waals surface area contributed by atoms with Crippen molar-refractivity contribution in [3.63, 3.8) is 0 Å². The highest BCUT2D eigenvalue weighted by molar-refractivity contribution is 5.85. The fourth-order valence-electron chi connectivity index (χ4n) is 2.78. The van der Waals surface area contributed by atoms with Gasteiger partial charge < -0.3 is 15.5 Å². The zero-order valence-corrected chi connectivity index (χ0v) is 14.7. The van der Waals surface area contributed by atoms with Gasteiger partial charge in [-0.1, -0.05) is 13.8 Å². The Labute approximate surface area is 135 Å². The first-order chi connectivity index (χ1) is 10.6. The predicted molar refractivity (Wildman–Crippen MR) is 92.2 cm³/mol. The van der Waals surface area contributed by atoms with E-state index in [1.165, 1.54) is 0 Å². The van der Waals surface area contributed by atoms with E-state index in [4.69, 9.17) is 0 Å². The van der Waals surface area contributed by atoms with Crippen molar-refractivity contribution in [3.05, 3.63) is 0 Å². The van der Waals surface area contributed by atoms with E-state index in [-0.39, 0.29) is 12.5 Å². The Morgan fingerprint density at radius 3 is 2.36 bits per heavy atom. The van der Waals surface area contributed by atoms with Crippen molar-refractivity contribution in [2.24, 2.45) is 4.99 Å². The molecular weight excluding hydrogens is 278 g/mol. The molecule has 0 radical (unpaired) electrons. The summed E-state index contributed by atoms with van der Waals surface area (Å²) in [5.41, 5.74) is 0. The molecule has 0 saturated carbocycles. The Balaban J connectivity index is 2.45. The van der Waals surface area contributed by atoms with Crippen LogP contribution in [0.1, 0.15) is 40.5 Å². The third-order valence-electron chi connectivity index (χ3n) is 4.18. The lowest BCUT2D eigenvalue weighted by atomic mass is 10.3. The molecule has 0 spiro atoms. The Morgan fingerprint density at radius 2 is 1.82 bits per heavy atom. The Hall–Kier alpha value is -1.30. The van der Waals surface area contributed by atoms with Crippen LogP contribution in [0.2, 0.25) is 0 Å². The number of likely N-dealkylation sites (tertiary alicyclic amines) is 1. The average molecular weight is 311 g/mol. The van der Waals surface area contributed by atoms with Crippen molar-refractivity contribution in [1.29, 1.82) is 0 Å². The molecule has 1 rings (SSSR count). The van der Waals surface area contributed by atoms with Gasteiger partial charge in [-0.25, -0.2) is 4.99 Å². The number of hydrogen-bond donors (Lipinski definition) is 2. The van der Waals surface area contributed by atoms with E-state index in [9.17, 15) is 4.79 Å². The number of nitrogens with one attached hydrogen (secondary N) is 2. The third-order valence-corrected chi connectivity index (χ3v) is 4.18. The van der Waals surface area contributed by atoms with Crippen LogP contribution in [0.3, 0.4) is 0 Å². The van der Waals surface area contributed by atoms with E-state index >= 15 is 0 Å². The smallest absolute Gasteiger partial charge is 0.244 e. The highest BCUT2D eigenvalue weighted by atomic mass is 16.2. The van der Waals surface area contributed by atoms with Gasteiger partial charge in [-0.2, -0.15) is 0 Å². The summed E-state index contributed by atoms with van der Waals surface area (Å²) in [5.74, 6) is 0.862. The van der Waals surface area contributed by atoms with Crippen molar-refractivity contribution in [1.82, 2.24) is 20.4 Å². The van der Waals surface area contributed by atoms with Crippen LogP contribution in [-0.4, -0.2) is 73.5 Å². The maximum absolute atomic E-state index is 12.0. The molecule has 6 nitrogen and oxygen atoms in total. The van der Waals surface area contributed by atoms with Gasteiger partial charge in [0.15, 0.2) is 5.96 Å². The molecule has 2 N–H and O–H groups in total. The van der Waals surface area contributed by atoms with Gasteiger partial charge in [0, 0.05) is 32.2 Å². The number of hydrogen-bond acceptors (Lipinski definition) is 3. The SMILES string of the molecule is CCNC(=NCC(=O)N1CCCC1)NCC(C)N(CC)CC. The van der Waals surface area contributed by atoms with Gasteiger partial charge in [0.05, 0.1) is 0 Å². The maximum Gasteiger partial charge on any atom is 0.244 e. The summed E-state index contributed by atoms with van der Waals surface area (Å²) in [6.45, 7) is 14.3. The van der Waals surface area contributed by atoms with Crippen LogP contribution in [0.15, 0.2) is 4.99 Å². The number of aliphatic imine (C=N–C) groups is 1. The van der Waals surface area contributed by atoms with Crippen molar-refractivity contribution in [2.45, 2.75) is 46.6 Å². The number of amides is 1. The van der Waals surface area contributed by atoms with Crippen molar-refractivity contribution in [2.75, 3.05) is 45.8 Å². The first-order valence-corrected chi connectivity index (χ1v) is 8.66. The molecular formula is C16H33N5O. The van der Waals surface area contributed by atoms with Gasteiger partial charge in [0.1, 0.15) is 6.54 Å². The number of likely N-dealkylation sites (N-methyl/N-ethyl adjacent to an activating group) is 1. The monoisotopic (exact) mass is 311 g/mol. The lowest BCUT2D eigenvalue weighted by Crippen LogP contribution is -2.46. The molecule has 1 atom stereocenters. The van der Waals surface area contributed by atoms with E-state index < -0.39 is 0 Å². The minimum atomic E-state index is 0.131. The van der Waals surface area contributed by atoms with Gasteiger partial charge in [-0.05, 0) is 39.8 Å². The molecule has 0 aromatic rings. The molecule has 1 aliphatic rings. The molecule has 128 valence electrons. The van der Waals surface area contributed by atoms with E-state index in [1.807, 2.05) is 11.8 Å². The number of guanidine groups is 1. The molecule has 0 aromatic heterocycles. The van der Waals surface area contributed by atoms with Crippen molar-refractivity contribution >= 4 is 11.9 Å². The van der Waals surface area contributed by atoms with Crippen LogP contribution in [-0.2, 0) is 4.79 Å². The molecule has 1 aliphatic heterocycles. The van der Waals surface area contributed by atoms with E-state index in [0.29, 0.717) is 6.04 Å². The van der Waals surface area contributed by atoms with Gasteiger partial charge in [-0.15, -0.1) is 0 Å². The van der Waals surface area contributed by atoms with Gasteiger partial charge in [0.25, 0.3) is 0 Å².